The number of benzene rings is 4. The molecule has 0 aliphatic heterocycles. The first-order chi connectivity index (χ1) is 29.1. The van der Waals surface area contributed by atoms with Gasteiger partial charge in [0.05, 0.1) is 18.8 Å². The Labute approximate surface area is 370 Å². The van der Waals surface area contributed by atoms with Gasteiger partial charge in [-0.3, -0.25) is 4.79 Å². The normalized spacial score (nSPS) is 20.5. The topological polar surface area (TPSA) is 76.0 Å². The van der Waals surface area contributed by atoms with E-state index >= 15 is 0 Å². The first kappa shape index (κ1) is 48.2. The molecule has 0 bridgehead atoms. The van der Waals surface area contributed by atoms with Crippen molar-refractivity contribution in [2.24, 2.45) is 23.7 Å². The number of methoxy groups -OCH3 is 1. The molecular weight excluding hydrogens is 785 g/mol. The molecule has 2 N–H and O–H groups in total. The molecule has 61 heavy (non-hydrogen) atoms. The SMILES string of the molecule is CCCCCC(C)(/C=C/[C@@H]1[C@@H](C)[C@@H](C(/C=C\CCCC(=O)OC)C(C)(C)[Si](O)(c2ccccc2)c2ccccc2)C[C@H]1O)O[Si](c1ccccc1)(c1ccccc1)C(C)(C)C. The highest BCUT2D eigenvalue weighted by Crippen LogP contribution is 2.54. The van der Waals surface area contributed by atoms with Crippen LogP contribution in [0.4, 0.5) is 0 Å². The number of allylic oxidation sites excluding steroid dienone is 2. The quantitative estimate of drug-likeness (QED) is 0.0401. The highest BCUT2D eigenvalue weighted by Gasteiger charge is 2.58. The van der Waals surface area contributed by atoms with Crippen LogP contribution in [-0.4, -0.2) is 51.3 Å². The lowest BCUT2D eigenvalue weighted by atomic mass is 9.75. The second kappa shape index (κ2) is 21.0. The summed E-state index contributed by atoms with van der Waals surface area (Å²) in [5, 5.41) is 15.9. The monoisotopic (exact) mass is 859 g/mol. The van der Waals surface area contributed by atoms with Gasteiger partial charge in [0.1, 0.15) is 0 Å². The molecule has 0 amide bonds. The van der Waals surface area contributed by atoms with Crippen LogP contribution in [0, 0.1) is 23.7 Å². The van der Waals surface area contributed by atoms with E-state index in [1.165, 1.54) is 17.5 Å². The summed E-state index contributed by atoms with van der Waals surface area (Å²) in [6.45, 7) is 18.3. The van der Waals surface area contributed by atoms with Crippen molar-refractivity contribution in [3.63, 3.8) is 0 Å². The lowest BCUT2D eigenvalue weighted by molar-refractivity contribution is -0.140. The smallest absolute Gasteiger partial charge is 0.305 e. The van der Waals surface area contributed by atoms with Gasteiger partial charge in [-0.2, -0.15) is 0 Å². The highest BCUT2D eigenvalue weighted by atomic mass is 28.4. The van der Waals surface area contributed by atoms with E-state index < -0.39 is 33.4 Å². The van der Waals surface area contributed by atoms with E-state index in [1.54, 1.807) is 0 Å². The van der Waals surface area contributed by atoms with Crippen molar-refractivity contribution >= 4 is 43.4 Å². The number of rotatable bonds is 20. The zero-order chi connectivity index (χ0) is 44.3. The summed E-state index contributed by atoms with van der Waals surface area (Å²) in [5.41, 5.74) is -0.593. The predicted octanol–water partition coefficient (Wildman–Crippen LogP) is 10.1. The van der Waals surface area contributed by atoms with Crippen LogP contribution in [0.25, 0.3) is 0 Å². The molecule has 4 aromatic rings. The predicted molar refractivity (Wildman–Crippen MR) is 260 cm³/mol. The summed E-state index contributed by atoms with van der Waals surface area (Å²) in [7, 11) is -4.91. The van der Waals surface area contributed by atoms with Crippen molar-refractivity contribution in [1.29, 1.82) is 0 Å². The van der Waals surface area contributed by atoms with Crippen molar-refractivity contribution in [1.82, 2.24) is 0 Å². The maximum absolute atomic E-state index is 13.5. The Kier molecular flexibility index (Phi) is 16.6. The molecule has 6 atom stereocenters. The largest absolute Gasteiger partial charge is 0.469 e. The minimum Gasteiger partial charge on any atom is -0.469 e. The minimum atomic E-state index is -3.44. The molecule has 4 aromatic carbocycles. The van der Waals surface area contributed by atoms with E-state index in [4.69, 9.17) is 9.16 Å². The second-order valence-corrected chi connectivity index (χ2v) is 27.5. The fourth-order valence-electron chi connectivity index (χ4n) is 10.4. The number of unbranched alkanes of at least 4 members (excludes halogenated alkanes) is 3. The van der Waals surface area contributed by atoms with Crippen LogP contribution in [0.1, 0.15) is 107 Å². The zero-order valence-electron chi connectivity index (χ0n) is 38.5. The highest BCUT2D eigenvalue weighted by molar-refractivity contribution is 7.00. The lowest BCUT2D eigenvalue weighted by Gasteiger charge is -2.48. The molecule has 1 fully saturated rings. The average Bonchev–Trinajstić information content (AvgIpc) is 3.54. The molecule has 1 aliphatic carbocycles. The van der Waals surface area contributed by atoms with Gasteiger partial charge in [0.15, 0.2) is 0 Å². The first-order valence-corrected chi connectivity index (χ1v) is 26.7. The summed E-state index contributed by atoms with van der Waals surface area (Å²) < 4.78 is 12.8. The third-order valence-corrected chi connectivity index (χ3v) is 23.6. The van der Waals surface area contributed by atoms with Gasteiger partial charge < -0.3 is 19.1 Å². The molecule has 5 rings (SSSR count). The number of ether oxygens (including phenoxy) is 1. The summed E-state index contributed by atoms with van der Waals surface area (Å²) >= 11 is 0. The third-order valence-electron chi connectivity index (χ3n) is 13.9. The Morgan fingerprint density at radius 3 is 1.72 bits per heavy atom. The third kappa shape index (κ3) is 10.7. The molecule has 0 aromatic heterocycles. The van der Waals surface area contributed by atoms with E-state index in [0.29, 0.717) is 19.3 Å². The van der Waals surface area contributed by atoms with Crippen LogP contribution in [0.5, 0.6) is 0 Å². The van der Waals surface area contributed by atoms with Crippen LogP contribution >= 0.6 is 0 Å². The zero-order valence-corrected chi connectivity index (χ0v) is 40.5. The summed E-state index contributed by atoms with van der Waals surface area (Å²) in [6, 6.07) is 42.2. The molecule has 7 heteroatoms. The van der Waals surface area contributed by atoms with Crippen molar-refractivity contribution in [3.05, 3.63) is 146 Å². The minimum absolute atomic E-state index is 0.0740. The molecule has 1 saturated carbocycles. The van der Waals surface area contributed by atoms with Gasteiger partial charge in [-0.05, 0) is 81.2 Å². The Morgan fingerprint density at radius 1 is 0.770 bits per heavy atom. The second-order valence-electron chi connectivity index (χ2n) is 19.4. The number of hydrogen-bond donors (Lipinski definition) is 2. The van der Waals surface area contributed by atoms with E-state index in [2.05, 4.69) is 165 Å². The number of aliphatic hydroxyl groups excluding tert-OH is 1. The van der Waals surface area contributed by atoms with E-state index in [1.807, 2.05) is 36.4 Å². The molecule has 1 aliphatic rings. The van der Waals surface area contributed by atoms with E-state index in [0.717, 1.165) is 42.5 Å². The molecule has 328 valence electrons. The van der Waals surface area contributed by atoms with Gasteiger partial charge in [0.2, 0.25) is 0 Å². The van der Waals surface area contributed by atoms with Gasteiger partial charge >= 0.3 is 5.97 Å². The molecule has 5 nitrogen and oxygen atoms in total. The van der Waals surface area contributed by atoms with Gasteiger partial charge in [0, 0.05) is 12.3 Å². The molecule has 0 radical (unpaired) electrons. The van der Waals surface area contributed by atoms with Crippen LogP contribution < -0.4 is 20.7 Å². The van der Waals surface area contributed by atoms with Crippen molar-refractivity contribution in [2.45, 2.75) is 129 Å². The van der Waals surface area contributed by atoms with Crippen LogP contribution in [-0.2, 0) is 14.0 Å². The van der Waals surface area contributed by atoms with Crippen LogP contribution in [0.3, 0.4) is 0 Å². The number of hydrogen-bond acceptors (Lipinski definition) is 5. The van der Waals surface area contributed by atoms with Gasteiger partial charge in [-0.15, -0.1) is 0 Å². The molecule has 0 saturated heterocycles. The Bertz CT molecular complexity index is 1910. The van der Waals surface area contributed by atoms with Crippen molar-refractivity contribution in [2.75, 3.05) is 7.11 Å². The van der Waals surface area contributed by atoms with E-state index in [9.17, 15) is 14.7 Å². The Morgan fingerprint density at radius 2 is 1.26 bits per heavy atom. The molecule has 0 heterocycles. The van der Waals surface area contributed by atoms with Crippen molar-refractivity contribution in [3.8, 4) is 0 Å². The molecular formula is C54H74O5Si2. The van der Waals surface area contributed by atoms with E-state index in [-0.39, 0.29) is 34.7 Å². The standard InChI is InChI=1S/C54H74O5Si2/c1-10-11-27-39-54(8,59-61(52(3,4)5,45-32-21-14-22-33-45)46-34-23-15-24-35-46)40-38-47-42(2)48(41-50(47)55)49(36-25-16-26-37-51(56)58-9)53(6,7)60(57,43-28-17-12-18-29-43)44-30-19-13-20-31-44/h12-15,17-25,28-36,38,40,42,47-50,55,57H,10-11,16,26-27,37,39,41H2,1-9H3/b36-25-,40-38+/t42-,47-,48+,49?,50-,54?/m1/s1. The number of carbonyl (C=O) groups excluding carboxylic acids is 1. The fraction of sp³-hybridized carbons (Fsp3) is 0.463. The Balaban J connectivity index is 1.58. The molecule has 0 spiro atoms. The number of esters is 1. The van der Waals surface area contributed by atoms with Gasteiger partial charge in [-0.25, -0.2) is 0 Å². The van der Waals surface area contributed by atoms with Gasteiger partial charge in [-0.1, -0.05) is 213 Å². The Hall–Kier alpha value is -3.86. The number of carbonyl (C=O) groups is 1. The first-order valence-electron chi connectivity index (χ1n) is 22.8. The van der Waals surface area contributed by atoms with Crippen LogP contribution in [0.2, 0.25) is 10.1 Å². The maximum atomic E-state index is 13.5. The van der Waals surface area contributed by atoms with Crippen molar-refractivity contribution < 1.29 is 23.9 Å². The average molecular weight is 859 g/mol. The summed E-state index contributed by atoms with van der Waals surface area (Å²) in [6.07, 6.45) is 15.1. The molecule has 2 unspecified atom stereocenters. The summed E-state index contributed by atoms with van der Waals surface area (Å²) in [4.78, 5) is 25.5. The lowest BCUT2D eigenvalue weighted by Crippen LogP contribution is -2.69. The summed E-state index contributed by atoms with van der Waals surface area (Å²) in [5.74, 6) is -0.203. The number of aliphatic hydroxyl groups is 1. The fourth-order valence-corrected chi connectivity index (χ4v) is 19.2. The van der Waals surface area contributed by atoms with Gasteiger partial charge in [0.25, 0.3) is 16.6 Å². The maximum Gasteiger partial charge on any atom is 0.305 e. The van der Waals surface area contributed by atoms with Crippen LogP contribution in [0.15, 0.2) is 146 Å².